The second kappa shape index (κ2) is 12.5. The summed E-state index contributed by atoms with van der Waals surface area (Å²) in [5.41, 5.74) is 7.12. The highest BCUT2D eigenvalue weighted by Gasteiger charge is 2.38. The van der Waals surface area contributed by atoms with Crippen molar-refractivity contribution < 1.29 is 24.3 Å². The molecule has 0 spiro atoms. The molecule has 1 saturated heterocycles. The van der Waals surface area contributed by atoms with Gasteiger partial charge >= 0.3 is 5.97 Å². The van der Waals surface area contributed by atoms with Gasteiger partial charge in [0.1, 0.15) is 18.1 Å². The van der Waals surface area contributed by atoms with Crippen LogP contribution in [0.3, 0.4) is 0 Å². The van der Waals surface area contributed by atoms with Crippen molar-refractivity contribution in [3.8, 4) is 0 Å². The molecule has 9 heteroatoms. The van der Waals surface area contributed by atoms with E-state index in [2.05, 4.69) is 10.6 Å². The summed E-state index contributed by atoms with van der Waals surface area (Å²) < 4.78 is 0. The number of hydrogen-bond acceptors (Lipinski definition) is 5. The van der Waals surface area contributed by atoms with E-state index in [0.29, 0.717) is 32.2 Å². The molecule has 1 aliphatic rings. The number of carboxylic acid groups (broad SMARTS) is 1. The van der Waals surface area contributed by atoms with E-state index in [9.17, 15) is 24.3 Å². The first kappa shape index (κ1) is 27.3. The van der Waals surface area contributed by atoms with E-state index in [-0.39, 0.29) is 17.7 Å². The molecular weight excluding hydrogens is 436 g/mol. The van der Waals surface area contributed by atoms with Crippen LogP contribution in [-0.2, 0) is 25.6 Å². The van der Waals surface area contributed by atoms with Gasteiger partial charge in [0.15, 0.2) is 0 Å². The number of carboxylic acids is 1. The van der Waals surface area contributed by atoms with E-state index >= 15 is 0 Å². The number of likely N-dealkylation sites (tertiary alicyclic amines) is 1. The topological polar surface area (TPSA) is 142 Å². The lowest BCUT2D eigenvalue weighted by Gasteiger charge is -2.29. The molecule has 9 nitrogen and oxygen atoms in total. The lowest BCUT2D eigenvalue weighted by molar-refractivity contribution is -0.144. The summed E-state index contributed by atoms with van der Waals surface area (Å²) in [6.07, 6.45) is 1.86. The lowest BCUT2D eigenvalue weighted by Crippen LogP contribution is -2.57. The molecular formula is C25H38N4O5. The van der Waals surface area contributed by atoms with Crippen molar-refractivity contribution in [2.24, 2.45) is 17.6 Å². The number of carbonyl (C=O) groups is 4. The highest BCUT2D eigenvalue weighted by molar-refractivity contribution is 5.94. The molecule has 2 rings (SSSR count). The molecule has 3 amide bonds. The van der Waals surface area contributed by atoms with Crippen LogP contribution in [-0.4, -0.2) is 64.4 Å². The van der Waals surface area contributed by atoms with Crippen molar-refractivity contribution in [3.05, 3.63) is 35.9 Å². The van der Waals surface area contributed by atoms with Gasteiger partial charge in [0.25, 0.3) is 0 Å². The fraction of sp³-hybridized carbons (Fsp3) is 0.600. The summed E-state index contributed by atoms with van der Waals surface area (Å²) in [5.74, 6) is -2.62. The minimum atomic E-state index is -1.13. The Bertz CT molecular complexity index is 858. The van der Waals surface area contributed by atoms with Gasteiger partial charge in [-0.2, -0.15) is 0 Å². The Morgan fingerprint density at radius 3 is 2.29 bits per heavy atom. The van der Waals surface area contributed by atoms with Crippen LogP contribution >= 0.6 is 0 Å². The minimum Gasteiger partial charge on any atom is -0.480 e. The third-order valence-electron chi connectivity index (χ3n) is 6.02. The van der Waals surface area contributed by atoms with Crippen LogP contribution in [0.1, 0.15) is 52.5 Å². The molecule has 0 radical (unpaired) electrons. The van der Waals surface area contributed by atoms with Crippen LogP contribution in [0.5, 0.6) is 0 Å². The van der Waals surface area contributed by atoms with E-state index in [1.165, 1.54) is 4.90 Å². The van der Waals surface area contributed by atoms with Gasteiger partial charge in [0.05, 0.1) is 6.04 Å². The number of nitrogens with zero attached hydrogens (tertiary/aromatic N) is 1. The predicted molar refractivity (Wildman–Crippen MR) is 129 cm³/mol. The van der Waals surface area contributed by atoms with Crippen LogP contribution in [0.4, 0.5) is 0 Å². The van der Waals surface area contributed by atoms with Crippen LogP contribution in [0.2, 0.25) is 0 Å². The van der Waals surface area contributed by atoms with Gasteiger partial charge in [-0.25, -0.2) is 4.79 Å². The molecule has 0 saturated carbocycles. The zero-order chi connectivity index (χ0) is 25.4. The number of benzene rings is 1. The van der Waals surface area contributed by atoms with Gasteiger partial charge in [-0.15, -0.1) is 0 Å². The summed E-state index contributed by atoms with van der Waals surface area (Å²) in [7, 11) is 0. The maximum absolute atomic E-state index is 13.1. The van der Waals surface area contributed by atoms with Gasteiger partial charge in [-0.05, 0) is 43.1 Å². The van der Waals surface area contributed by atoms with Gasteiger partial charge < -0.3 is 26.4 Å². The van der Waals surface area contributed by atoms with E-state index in [4.69, 9.17) is 5.73 Å². The van der Waals surface area contributed by atoms with E-state index < -0.39 is 42.0 Å². The molecule has 0 aromatic heterocycles. The molecule has 5 N–H and O–H groups in total. The van der Waals surface area contributed by atoms with Crippen molar-refractivity contribution in [3.63, 3.8) is 0 Å². The average molecular weight is 475 g/mol. The number of nitrogens with two attached hydrogens (primary N) is 1. The number of amides is 3. The Hall–Kier alpha value is -2.94. The summed E-state index contributed by atoms with van der Waals surface area (Å²) in [6, 6.07) is 6.02. The van der Waals surface area contributed by atoms with Crippen molar-refractivity contribution >= 4 is 23.7 Å². The second-order valence-electron chi connectivity index (χ2n) is 9.75. The molecule has 0 aliphatic carbocycles. The van der Waals surface area contributed by atoms with E-state index in [0.717, 1.165) is 5.56 Å². The molecule has 1 aliphatic heterocycles. The Morgan fingerprint density at radius 2 is 1.74 bits per heavy atom. The first-order valence-corrected chi connectivity index (χ1v) is 11.9. The number of aliphatic carboxylic acids is 1. The quantitative estimate of drug-likeness (QED) is 0.381. The van der Waals surface area contributed by atoms with Crippen LogP contribution in [0.25, 0.3) is 0 Å². The van der Waals surface area contributed by atoms with Gasteiger partial charge in [-0.3, -0.25) is 14.4 Å². The molecule has 4 atom stereocenters. The zero-order valence-electron chi connectivity index (χ0n) is 20.5. The van der Waals surface area contributed by atoms with E-state index in [1.807, 2.05) is 44.2 Å². The summed E-state index contributed by atoms with van der Waals surface area (Å²) in [6.45, 7) is 7.66. The maximum atomic E-state index is 13.1. The molecule has 0 bridgehead atoms. The molecule has 1 aromatic carbocycles. The van der Waals surface area contributed by atoms with Crippen LogP contribution in [0, 0.1) is 11.8 Å². The lowest BCUT2D eigenvalue weighted by atomic mass is 10.00. The van der Waals surface area contributed by atoms with Gasteiger partial charge in [0, 0.05) is 6.54 Å². The Morgan fingerprint density at radius 1 is 1.09 bits per heavy atom. The molecule has 1 heterocycles. The van der Waals surface area contributed by atoms with Crippen molar-refractivity contribution in [2.45, 2.75) is 77.5 Å². The number of rotatable bonds is 11. The predicted octanol–water partition coefficient (Wildman–Crippen LogP) is 1.30. The van der Waals surface area contributed by atoms with Gasteiger partial charge in [0.2, 0.25) is 17.7 Å². The third kappa shape index (κ3) is 7.55. The van der Waals surface area contributed by atoms with Crippen molar-refractivity contribution in [1.82, 2.24) is 15.5 Å². The molecule has 1 aromatic rings. The number of nitrogens with one attached hydrogen (secondary N) is 2. The largest absolute Gasteiger partial charge is 0.480 e. The third-order valence-corrected chi connectivity index (χ3v) is 6.02. The molecule has 4 unspecified atom stereocenters. The summed E-state index contributed by atoms with van der Waals surface area (Å²) in [4.78, 5) is 52.1. The minimum absolute atomic E-state index is 0.0824. The number of hydrogen-bond donors (Lipinski definition) is 4. The fourth-order valence-corrected chi connectivity index (χ4v) is 4.21. The monoisotopic (exact) mass is 474 g/mol. The maximum Gasteiger partial charge on any atom is 0.326 e. The molecule has 188 valence electrons. The van der Waals surface area contributed by atoms with Crippen molar-refractivity contribution in [1.29, 1.82) is 0 Å². The zero-order valence-corrected chi connectivity index (χ0v) is 20.5. The number of carbonyl (C=O) groups excluding carboxylic acids is 3. The Labute approximate surface area is 201 Å². The molecule has 34 heavy (non-hydrogen) atoms. The standard InChI is InChI=1S/C25H38N4O5/c1-15(2)13-19(22(30)28-21(16(3)4)25(33)34)27-23(31)20-11-8-12-29(20)24(32)18(26)14-17-9-6-5-7-10-17/h5-7,9-10,15-16,18-21H,8,11-14,26H2,1-4H3,(H,27,31)(H,28,30)(H,33,34). The van der Waals surface area contributed by atoms with E-state index in [1.54, 1.807) is 13.8 Å². The normalized spacial score (nSPS) is 18.4. The van der Waals surface area contributed by atoms with Crippen LogP contribution in [0.15, 0.2) is 30.3 Å². The smallest absolute Gasteiger partial charge is 0.326 e. The Kier molecular flexibility index (Phi) is 10.0. The first-order chi connectivity index (χ1) is 16.0. The van der Waals surface area contributed by atoms with Crippen molar-refractivity contribution in [2.75, 3.05) is 6.54 Å². The summed E-state index contributed by atoms with van der Waals surface area (Å²) >= 11 is 0. The van der Waals surface area contributed by atoms with Gasteiger partial charge in [-0.1, -0.05) is 58.0 Å². The van der Waals surface area contributed by atoms with Crippen LogP contribution < -0.4 is 16.4 Å². The first-order valence-electron chi connectivity index (χ1n) is 11.9. The Balaban J connectivity index is 2.08. The fourth-order valence-electron chi connectivity index (χ4n) is 4.21. The highest BCUT2D eigenvalue weighted by atomic mass is 16.4. The molecule has 1 fully saturated rings. The second-order valence-corrected chi connectivity index (χ2v) is 9.75. The SMILES string of the molecule is CC(C)CC(NC(=O)C1CCCN1C(=O)C(N)Cc1ccccc1)C(=O)NC(C(=O)O)C(C)C. The summed E-state index contributed by atoms with van der Waals surface area (Å²) in [5, 5.41) is 14.7. The highest BCUT2D eigenvalue weighted by Crippen LogP contribution is 2.20. The average Bonchev–Trinajstić information content (AvgIpc) is 3.26.